The van der Waals surface area contributed by atoms with Gasteiger partial charge in [-0.15, -0.1) is 5.11 Å². The highest BCUT2D eigenvalue weighted by Crippen LogP contribution is 2.08. The first-order chi connectivity index (χ1) is 6.68. The van der Waals surface area contributed by atoms with Crippen LogP contribution in [0.4, 0.5) is 10.5 Å². The topological polar surface area (TPSA) is 119 Å². The van der Waals surface area contributed by atoms with Gasteiger partial charge in [0.25, 0.3) is 0 Å². The Kier molecular flexibility index (Phi) is 3.25. The predicted molar refractivity (Wildman–Crippen MR) is 50.0 cm³/mol. The van der Waals surface area contributed by atoms with Crippen molar-refractivity contribution < 1.29 is 4.79 Å². The van der Waals surface area contributed by atoms with Crippen molar-refractivity contribution in [2.75, 3.05) is 0 Å². The summed E-state index contributed by atoms with van der Waals surface area (Å²) in [7, 11) is 0. The number of amides is 2. The Morgan fingerprint density at radius 2 is 2.21 bits per heavy atom. The Hall–Kier alpha value is -2.31. The summed E-state index contributed by atoms with van der Waals surface area (Å²) in [6.07, 6.45) is 3.03. The summed E-state index contributed by atoms with van der Waals surface area (Å²) in [5.41, 5.74) is 10.4. The number of urea groups is 1. The van der Waals surface area contributed by atoms with Gasteiger partial charge in [-0.1, -0.05) is 5.11 Å². The number of guanidine groups is 1. The van der Waals surface area contributed by atoms with Crippen LogP contribution >= 0.6 is 0 Å². The second kappa shape index (κ2) is 4.65. The van der Waals surface area contributed by atoms with Gasteiger partial charge >= 0.3 is 6.03 Å². The van der Waals surface area contributed by atoms with Crippen LogP contribution in [0.25, 0.3) is 0 Å². The first-order valence-electron chi connectivity index (χ1n) is 3.64. The summed E-state index contributed by atoms with van der Waals surface area (Å²) in [4.78, 5) is 17.7. The van der Waals surface area contributed by atoms with E-state index in [9.17, 15) is 4.79 Å². The molecule has 7 heteroatoms. The Bertz CT molecular complexity index is 367. The molecule has 0 aliphatic carbocycles. The minimum absolute atomic E-state index is 0.347. The maximum absolute atomic E-state index is 10.8. The van der Waals surface area contributed by atoms with E-state index in [1.54, 1.807) is 18.3 Å². The summed E-state index contributed by atoms with van der Waals surface area (Å²) in [5.74, 6) is -0.347. The third-order valence-electron chi connectivity index (χ3n) is 1.12. The van der Waals surface area contributed by atoms with Crippen LogP contribution in [-0.2, 0) is 0 Å². The fourth-order valence-corrected chi connectivity index (χ4v) is 0.646. The Labute approximate surface area is 79.6 Å². The normalized spacial score (nSPS) is 10.0. The molecule has 0 spiro atoms. The molecule has 1 aromatic heterocycles. The number of aromatic nitrogens is 1. The number of aliphatic imine (C=N–C) groups is 1. The molecule has 7 nitrogen and oxygen atoms in total. The molecule has 1 aromatic rings. The van der Waals surface area contributed by atoms with E-state index in [0.717, 1.165) is 0 Å². The van der Waals surface area contributed by atoms with Crippen molar-refractivity contribution in [3.63, 3.8) is 0 Å². The smallest absolute Gasteiger partial charge is 0.370 e. The highest BCUT2D eigenvalue weighted by molar-refractivity contribution is 5.90. The van der Waals surface area contributed by atoms with E-state index in [-0.39, 0.29) is 5.96 Å². The first kappa shape index (κ1) is 9.78. The third kappa shape index (κ3) is 3.39. The molecule has 1 heterocycles. The molecule has 0 radical (unpaired) electrons. The van der Waals surface area contributed by atoms with Gasteiger partial charge < -0.3 is 11.5 Å². The molecule has 1 rings (SSSR count). The molecule has 14 heavy (non-hydrogen) atoms. The number of carbonyl (C=O) groups is 1. The summed E-state index contributed by atoms with van der Waals surface area (Å²) in [6.45, 7) is 0. The van der Waals surface area contributed by atoms with Crippen LogP contribution in [0.1, 0.15) is 0 Å². The monoisotopic (exact) mass is 192 g/mol. The summed E-state index contributed by atoms with van der Waals surface area (Å²) < 4.78 is 0. The lowest BCUT2D eigenvalue weighted by Crippen LogP contribution is -2.23. The molecule has 2 amide bonds. The summed E-state index contributed by atoms with van der Waals surface area (Å²) in [5, 5.41) is 6.79. The van der Waals surface area contributed by atoms with Gasteiger partial charge in [0.1, 0.15) is 5.69 Å². The highest BCUT2D eigenvalue weighted by Gasteiger charge is 1.94. The summed E-state index contributed by atoms with van der Waals surface area (Å²) in [6, 6.07) is 2.45. The van der Waals surface area contributed by atoms with Crippen molar-refractivity contribution in [2.24, 2.45) is 26.7 Å². The molecule has 0 atom stereocenters. The molecular formula is C7H8N6O. The van der Waals surface area contributed by atoms with Crippen LogP contribution in [0.3, 0.4) is 0 Å². The first-order valence-corrected chi connectivity index (χ1v) is 3.64. The molecule has 4 N–H and O–H groups in total. The van der Waals surface area contributed by atoms with Crippen LogP contribution < -0.4 is 11.5 Å². The van der Waals surface area contributed by atoms with Crippen LogP contribution in [0.2, 0.25) is 0 Å². The SMILES string of the molecule is NC(N)=NC(=O)N=Nc1cccnc1. The van der Waals surface area contributed by atoms with E-state index in [1.165, 1.54) is 6.20 Å². The molecule has 0 unspecified atom stereocenters. The van der Waals surface area contributed by atoms with Gasteiger partial charge in [-0.05, 0) is 12.1 Å². The lowest BCUT2D eigenvalue weighted by molar-refractivity contribution is 0.256. The number of azo groups is 1. The zero-order chi connectivity index (χ0) is 10.4. The van der Waals surface area contributed by atoms with Crippen molar-refractivity contribution in [1.82, 2.24) is 4.98 Å². The number of nitrogens with zero attached hydrogens (tertiary/aromatic N) is 4. The quantitative estimate of drug-likeness (QED) is 0.383. The zero-order valence-corrected chi connectivity index (χ0v) is 7.16. The van der Waals surface area contributed by atoms with Crippen molar-refractivity contribution in [2.45, 2.75) is 0 Å². The van der Waals surface area contributed by atoms with Crippen molar-refractivity contribution in [3.8, 4) is 0 Å². The van der Waals surface area contributed by atoms with Crippen molar-refractivity contribution in [3.05, 3.63) is 24.5 Å². The van der Waals surface area contributed by atoms with Gasteiger partial charge in [0, 0.05) is 6.20 Å². The van der Waals surface area contributed by atoms with Gasteiger partial charge in [0.2, 0.25) is 0 Å². The highest BCUT2D eigenvalue weighted by atomic mass is 16.2. The molecule has 0 saturated carbocycles. The molecule has 0 saturated heterocycles. The minimum atomic E-state index is -0.853. The van der Waals surface area contributed by atoms with E-state index in [2.05, 4.69) is 20.2 Å². The number of nitrogens with two attached hydrogens (primary N) is 2. The van der Waals surface area contributed by atoms with Crippen molar-refractivity contribution >= 4 is 17.7 Å². The number of hydrogen-bond donors (Lipinski definition) is 2. The number of rotatable bonds is 1. The standard InChI is InChI=1S/C7H8N6O/c8-6(9)11-7(14)13-12-5-2-1-3-10-4-5/h1-4H,(H4,8,9,11,14). The maximum Gasteiger partial charge on any atom is 0.388 e. The van der Waals surface area contributed by atoms with Gasteiger partial charge in [0.15, 0.2) is 5.96 Å². The molecule has 0 aromatic carbocycles. The minimum Gasteiger partial charge on any atom is -0.370 e. The fraction of sp³-hybridized carbons (Fsp3) is 0. The molecular weight excluding hydrogens is 184 g/mol. The van der Waals surface area contributed by atoms with Crippen LogP contribution in [0, 0.1) is 0 Å². The summed E-state index contributed by atoms with van der Waals surface area (Å²) >= 11 is 0. The second-order valence-corrected chi connectivity index (χ2v) is 2.23. The average Bonchev–Trinajstić information content (AvgIpc) is 2.15. The second-order valence-electron chi connectivity index (χ2n) is 2.23. The molecule has 0 bridgehead atoms. The maximum atomic E-state index is 10.8. The van der Waals surface area contributed by atoms with Gasteiger partial charge in [-0.25, -0.2) is 4.79 Å². The Morgan fingerprint density at radius 1 is 1.43 bits per heavy atom. The average molecular weight is 192 g/mol. The molecule has 0 fully saturated rings. The largest absolute Gasteiger partial charge is 0.388 e. The van der Waals surface area contributed by atoms with Gasteiger partial charge in [0.05, 0.1) is 6.20 Å². The van der Waals surface area contributed by atoms with E-state index < -0.39 is 6.03 Å². The van der Waals surface area contributed by atoms with E-state index in [0.29, 0.717) is 5.69 Å². The predicted octanol–water partition coefficient (Wildman–Crippen LogP) is 0.559. The number of carbonyl (C=O) groups excluding carboxylic acids is 1. The van der Waals surface area contributed by atoms with Crippen LogP contribution in [0.15, 0.2) is 39.7 Å². The molecule has 0 aliphatic heterocycles. The molecule has 72 valence electrons. The lowest BCUT2D eigenvalue weighted by Gasteiger charge is -1.88. The number of hydrogen-bond acceptors (Lipinski definition) is 3. The lowest BCUT2D eigenvalue weighted by atomic mass is 10.4. The third-order valence-corrected chi connectivity index (χ3v) is 1.12. The van der Waals surface area contributed by atoms with Crippen LogP contribution in [0.5, 0.6) is 0 Å². The van der Waals surface area contributed by atoms with E-state index in [4.69, 9.17) is 11.5 Å². The van der Waals surface area contributed by atoms with E-state index >= 15 is 0 Å². The molecule has 0 aliphatic rings. The van der Waals surface area contributed by atoms with E-state index in [1.807, 2.05) is 0 Å². The van der Waals surface area contributed by atoms with Crippen molar-refractivity contribution in [1.29, 1.82) is 0 Å². The Morgan fingerprint density at radius 3 is 2.79 bits per heavy atom. The van der Waals surface area contributed by atoms with Crippen LogP contribution in [-0.4, -0.2) is 17.0 Å². The van der Waals surface area contributed by atoms with Gasteiger partial charge in [-0.3, -0.25) is 4.98 Å². The number of pyridine rings is 1. The fourth-order valence-electron chi connectivity index (χ4n) is 0.646. The zero-order valence-electron chi connectivity index (χ0n) is 7.16. The Balaban J connectivity index is 2.66. The van der Waals surface area contributed by atoms with Gasteiger partial charge in [-0.2, -0.15) is 4.99 Å².